The first-order valence-corrected chi connectivity index (χ1v) is 4.94. The molecule has 0 rings (SSSR count). The Hall–Kier alpha value is -2.58. The van der Waals surface area contributed by atoms with Crippen LogP contribution in [0.3, 0.4) is 0 Å². The molecule has 0 aromatic carbocycles. The van der Waals surface area contributed by atoms with Crippen LogP contribution < -0.4 is 0 Å². The minimum Gasteiger partial charge on any atom is -0.260 e. The summed E-state index contributed by atoms with van der Waals surface area (Å²) in [7, 11) is 0. The van der Waals surface area contributed by atoms with Gasteiger partial charge in [0, 0.05) is 0 Å². The summed E-state index contributed by atoms with van der Waals surface area (Å²) in [4.78, 5) is 35.5. The molecule has 0 amide bonds. The molecule has 0 saturated carbocycles. The van der Waals surface area contributed by atoms with Crippen LogP contribution in [0.1, 0.15) is 6.42 Å². The molecule has 16 heteroatoms. The second-order valence-electron chi connectivity index (χ2n) is 3.26. The summed E-state index contributed by atoms with van der Waals surface area (Å²) in [6, 6.07) is 0. The Labute approximate surface area is 116 Å². The summed E-state index contributed by atoms with van der Waals surface area (Å²) in [6.45, 7) is -1.27. The second kappa shape index (κ2) is 6.25. The molecular weight excluding hydrogens is 332 g/mol. The molecule has 0 heterocycles. The molecule has 0 saturated heterocycles. The van der Waals surface area contributed by atoms with E-state index in [1.165, 1.54) is 0 Å². The molecule has 0 aromatic heterocycles. The van der Waals surface area contributed by atoms with Crippen LogP contribution in [-0.2, 0) is 0 Å². The third-order valence-electron chi connectivity index (χ3n) is 1.99. The van der Waals surface area contributed by atoms with Crippen molar-refractivity contribution in [2.75, 3.05) is 6.54 Å². The van der Waals surface area contributed by atoms with Gasteiger partial charge in [0.2, 0.25) is 0 Å². The smallest absolute Gasteiger partial charge is 0.260 e. The van der Waals surface area contributed by atoms with Gasteiger partial charge in [-0.05, 0) is 11.6 Å². The van der Waals surface area contributed by atoms with E-state index in [0.717, 1.165) is 0 Å². The van der Waals surface area contributed by atoms with Crippen molar-refractivity contribution in [3.8, 4) is 0 Å². The minimum absolute atomic E-state index is 1.27. The van der Waals surface area contributed by atoms with Crippen LogP contribution in [0.15, 0.2) is 4.99 Å². The molecule has 0 aliphatic heterocycles. The van der Waals surface area contributed by atoms with E-state index in [-0.39, 0.29) is 0 Å². The molecule has 0 unspecified atom stereocenters. The van der Waals surface area contributed by atoms with Crippen LogP contribution in [0.4, 0.5) is 8.78 Å². The molecule has 0 fully saturated rings. The Kier molecular flexibility index (Phi) is 5.48. The Morgan fingerprint density at radius 1 is 0.952 bits per heavy atom. The van der Waals surface area contributed by atoms with Crippen molar-refractivity contribution >= 4 is 16.8 Å². The van der Waals surface area contributed by atoms with Gasteiger partial charge in [-0.2, -0.15) is 0 Å². The fraction of sp³-hybridized carbons (Fsp3) is 0.800. The van der Waals surface area contributed by atoms with E-state index in [2.05, 4.69) is 4.99 Å². The molecule has 0 N–H and O–H groups in total. The molecule has 0 radical (unpaired) electrons. The topological polar surface area (TPSA) is 185 Å². The van der Waals surface area contributed by atoms with E-state index in [0.29, 0.717) is 0 Å². The van der Waals surface area contributed by atoms with Crippen molar-refractivity contribution in [1.29, 1.82) is 0 Å². The summed E-state index contributed by atoms with van der Waals surface area (Å²) in [5.74, 6) is -8.73. The van der Waals surface area contributed by atoms with Crippen LogP contribution in [0.2, 0.25) is 0 Å². The van der Waals surface area contributed by atoms with Gasteiger partial charge in [0.1, 0.15) is 26.1 Å². The first kappa shape index (κ1) is 18.4. The third-order valence-corrected chi connectivity index (χ3v) is 2.35. The summed E-state index contributed by atoms with van der Waals surface area (Å²) < 4.78 is 26.6. The van der Waals surface area contributed by atoms with Gasteiger partial charge < -0.3 is 0 Å². The number of nitro groups is 4. The average Bonchev–Trinajstić information content (AvgIpc) is 2.35. The molecule has 13 nitrogen and oxygen atoms in total. The van der Waals surface area contributed by atoms with Crippen molar-refractivity contribution in [3.63, 3.8) is 0 Å². The highest BCUT2D eigenvalue weighted by Crippen LogP contribution is 2.21. The Bertz CT molecular complexity index is 497. The largest absolute Gasteiger partial charge is 0.670 e. The predicted octanol–water partition coefficient (Wildman–Crippen LogP) is 0.367. The normalized spacial score (nSPS) is 12.8. The number of rotatable bonds is 8. The zero-order valence-electron chi connectivity index (χ0n) is 9.55. The van der Waals surface area contributed by atoms with Gasteiger partial charge >= 0.3 is 11.8 Å². The summed E-state index contributed by atoms with van der Waals surface area (Å²) in [5.41, 5.74) is 0. The van der Waals surface area contributed by atoms with Gasteiger partial charge in [0.05, 0.1) is 6.54 Å². The maximum atomic E-state index is 13.3. The first-order chi connectivity index (χ1) is 9.40. The van der Waals surface area contributed by atoms with Crippen molar-refractivity contribution in [3.05, 3.63) is 40.5 Å². The lowest BCUT2D eigenvalue weighted by molar-refractivity contribution is -0.831. The molecule has 0 aromatic rings. The molecule has 0 bridgehead atoms. The van der Waals surface area contributed by atoms with E-state index in [4.69, 9.17) is 11.6 Å². The SMILES string of the molecule is O=[N+]([O-])C(F)(CCN=C(Cl)C(F)([N+](=O)[O-])[N+](=O)[O-])[N+](=O)[O-]. The summed E-state index contributed by atoms with van der Waals surface area (Å²) >= 11 is 4.90. The van der Waals surface area contributed by atoms with E-state index >= 15 is 0 Å². The van der Waals surface area contributed by atoms with Crippen molar-refractivity contribution in [2.24, 2.45) is 4.99 Å². The van der Waals surface area contributed by atoms with E-state index in [1.54, 1.807) is 0 Å². The van der Waals surface area contributed by atoms with Crippen LogP contribution in [0.25, 0.3) is 0 Å². The molecule has 0 aliphatic rings. The molecule has 0 aliphatic carbocycles. The van der Waals surface area contributed by atoms with E-state index in [9.17, 15) is 49.2 Å². The van der Waals surface area contributed by atoms with Crippen molar-refractivity contribution in [2.45, 2.75) is 18.3 Å². The Balaban J connectivity index is 5.22. The van der Waals surface area contributed by atoms with Crippen LogP contribution in [0.5, 0.6) is 0 Å². The fourth-order valence-electron chi connectivity index (χ4n) is 0.863. The van der Waals surface area contributed by atoms with Crippen LogP contribution in [0, 0.1) is 40.5 Å². The van der Waals surface area contributed by atoms with Crippen molar-refractivity contribution in [1.82, 2.24) is 0 Å². The van der Waals surface area contributed by atoms with Gasteiger partial charge in [0.15, 0.2) is 0 Å². The lowest BCUT2D eigenvalue weighted by Gasteiger charge is -2.07. The molecular formula is C5H4ClF2N5O8. The molecule has 21 heavy (non-hydrogen) atoms. The maximum Gasteiger partial charge on any atom is 0.670 e. The lowest BCUT2D eigenvalue weighted by atomic mass is 10.3. The highest BCUT2D eigenvalue weighted by atomic mass is 35.5. The lowest BCUT2D eigenvalue weighted by Crippen LogP contribution is -2.47. The minimum atomic E-state index is -4.54. The Morgan fingerprint density at radius 3 is 1.62 bits per heavy atom. The van der Waals surface area contributed by atoms with Gasteiger partial charge in [-0.25, -0.2) is 0 Å². The van der Waals surface area contributed by atoms with Crippen LogP contribution in [-0.4, -0.2) is 43.2 Å². The summed E-state index contributed by atoms with van der Waals surface area (Å²) in [5, 5.41) is 38.9. The molecule has 118 valence electrons. The van der Waals surface area contributed by atoms with Crippen LogP contribution >= 0.6 is 11.6 Å². The van der Waals surface area contributed by atoms with Gasteiger partial charge in [-0.15, -0.1) is 0 Å². The highest BCUT2D eigenvalue weighted by molar-refractivity contribution is 6.66. The van der Waals surface area contributed by atoms with Crippen molar-refractivity contribution < 1.29 is 28.5 Å². The maximum absolute atomic E-state index is 13.3. The average molecular weight is 336 g/mol. The number of hydrogen-bond acceptors (Lipinski definition) is 9. The van der Waals surface area contributed by atoms with E-state index in [1.807, 2.05) is 0 Å². The zero-order chi connectivity index (χ0) is 17.0. The second-order valence-corrected chi connectivity index (χ2v) is 3.62. The zero-order valence-corrected chi connectivity index (χ0v) is 10.3. The number of halogens is 3. The predicted molar refractivity (Wildman–Crippen MR) is 58.4 cm³/mol. The van der Waals surface area contributed by atoms with E-state index < -0.39 is 49.7 Å². The number of alkyl halides is 2. The standard InChI is InChI=1S/C5H4ClF2N5O8/c6-3(5(8,12(18)19)13(20)21)9-2-1-4(7,10(14)15)11(16)17/h1-2H2. The molecule has 0 atom stereocenters. The third kappa shape index (κ3) is 3.50. The highest BCUT2D eigenvalue weighted by Gasteiger charge is 2.64. The number of hydrogen-bond donors (Lipinski definition) is 0. The fourth-order valence-corrected chi connectivity index (χ4v) is 1.09. The monoisotopic (exact) mass is 335 g/mol. The van der Waals surface area contributed by atoms with Gasteiger partial charge in [-0.3, -0.25) is 45.4 Å². The molecule has 0 spiro atoms. The van der Waals surface area contributed by atoms with Gasteiger partial charge in [-0.1, -0.05) is 8.78 Å². The quantitative estimate of drug-likeness (QED) is 0.200. The number of aliphatic imine (C=N–C) groups is 1. The first-order valence-electron chi connectivity index (χ1n) is 4.57. The summed E-state index contributed by atoms with van der Waals surface area (Å²) in [6.07, 6.45) is -1.57. The Morgan fingerprint density at radius 2 is 1.33 bits per heavy atom. The van der Waals surface area contributed by atoms with Gasteiger partial charge in [0.25, 0.3) is 5.17 Å². The number of nitrogens with zero attached hydrogens (tertiary/aromatic N) is 5.